The molecule has 0 saturated heterocycles. The molecule has 0 unspecified atom stereocenters. The van der Waals surface area contributed by atoms with E-state index in [0.717, 1.165) is 16.7 Å². The van der Waals surface area contributed by atoms with E-state index in [2.05, 4.69) is 13.8 Å². The van der Waals surface area contributed by atoms with Gasteiger partial charge in [-0.05, 0) is 48.2 Å². The van der Waals surface area contributed by atoms with Crippen molar-refractivity contribution in [1.82, 2.24) is 4.57 Å². The van der Waals surface area contributed by atoms with E-state index in [9.17, 15) is 9.59 Å². The summed E-state index contributed by atoms with van der Waals surface area (Å²) in [5.74, 6) is 0.422. The number of aromatic nitrogens is 1. The molecule has 0 aliphatic carbocycles. The van der Waals surface area contributed by atoms with Gasteiger partial charge in [0.2, 0.25) is 0 Å². The summed E-state index contributed by atoms with van der Waals surface area (Å²) in [7, 11) is 1.57. The van der Waals surface area contributed by atoms with E-state index < -0.39 is 12.0 Å². The van der Waals surface area contributed by atoms with Crippen LogP contribution in [0, 0.1) is 0 Å². The predicted octanol–water partition coefficient (Wildman–Crippen LogP) is 5.72. The number of benzene rings is 3. The number of carbonyl (C=O) groups excluding carboxylic acids is 1. The van der Waals surface area contributed by atoms with Crippen LogP contribution in [0.5, 0.6) is 5.75 Å². The Bertz CT molecular complexity index is 1770. The first-order valence-corrected chi connectivity index (χ1v) is 14.2. The quantitative estimate of drug-likeness (QED) is 0.266. The van der Waals surface area contributed by atoms with Gasteiger partial charge < -0.3 is 9.47 Å². The molecule has 0 saturated carbocycles. The second-order valence-electron chi connectivity index (χ2n) is 9.64. The van der Waals surface area contributed by atoms with Gasteiger partial charge in [-0.2, -0.15) is 0 Å². The smallest absolute Gasteiger partial charge is 0.338 e. The zero-order valence-corrected chi connectivity index (χ0v) is 24.3. The van der Waals surface area contributed by atoms with E-state index in [0.29, 0.717) is 42.9 Å². The van der Waals surface area contributed by atoms with Gasteiger partial charge in [0.25, 0.3) is 5.56 Å². The highest BCUT2D eigenvalue weighted by Gasteiger charge is 2.35. The van der Waals surface area contributed by atoms with Crippen LogP contribution in [0.1, 0.15) is 55.0 Å². The van der Waals surface area contributed by atoms with Crippen molar-refractivity contribution in [2.45, 2.75) is 32.7 Å². The number of rotatable bonds is 7. The standard InChI is InChI=1S/C32H29ClN2O4S/c1-5-39-31(37)27-28(21-9-7-6-8-10-21)34-32-35(29(27)22-13-11-20(12-14-22)19(2)3)30(36)26(40-32)18-23-17-24(33)15-16-25(23)38-4/h6-19,29H,5H2,1-4H3/b26-18-/t29-/m1/s1. The highest BCUT2D eigenvalue weighted by Crippen LogP contribution is 2.35. The number of hydrogen-bond donors (Lipinski definition) is 0. The first kappa shape index (κ1) is 27.6. The lowest BCUT2D eigenvalue weighted by Gasteiger charge is -2.26. The lowest BCUT2D eigenvalue weighted by atomic mass is 9.91. The molecule has 0 fully saturated rings. The Kier molecular flexibility index (Phi) is 8.05. The Morgan fingerprint density at radius 1 is 1.10 bits per heavy atom. The first-order valence-electron chi connectivity index (χ1n) is 13.0. The number of fused-ring (bicyclic) bond motifs is 1. The molecule has 4 aromatic rings. The molecule has 8 heteroatoms. The molecule has 1 atom stereocenters. The minimum atomic E-state index is -0.727. The van der Waals surface area contributed by atoms with E-state index >= 15 is 0 Å². The van der Waals surface area contributed by atoms with Crippen molar-refractivity contribution in [1.29, 1.82) is 0 Å². The number of halogens is 1. The average molecular weight is 573 g/mol. The summed E-state index contributed by atoms with van der Waals surface area (Å²) < 4.78 is 13.1. The molecule has 1 aromatic heterocycles. The minimum Gasteiger partial charge on any atom is -0.496 e. The topological polar surface area (TPSA) is 69.9 Å². The van der Waals surface area contributed by atoms with Gasteiger partial charge in [-0.15, -0.1) is 0 Å². The van der Waals surface area contributed by atoms with Crippen molar-refractivity contribution in [3.05, 3.63) is 125 Å². The van der Waals surface area contributed by atoms with Gasteiger partial charge in [-0.3, -0.25) is 9.36 Å². The Morgan fingerprint density at radius 3 is 2.48 bits per heavy atom. The van der Waals surface area contributed by atoms with Crippen molar-refractivity contribution in [2.75, 3.05) is 13.7 Å². The van der Waals surface area contributed by atoms with E-state index in [1.165, 1.54) is 11.3 Å². The highest BCUT2D eigenvalue weighted by molar-refractivity contribution is 7.07. The molecule has 0 spiro atoms. The highest BCUT2D eigenvalue weighted by atomic mass is 35.5. The van der Waals surface area contributed by atoms with Crippen LogP contribution in [0.2, 0.25) is 5.02 Å². The fourth-order valence-corrected chi connectivity index (χ4v) is 5.95. The first-order chi connectivity index (χ1) is 19.3. The van der Waals surface area contributed by atoms with Gasteiger partial charge in [0.05, 0.1) is 35.6 Å². The summed E-state index contributed by atoms with van der Waals surface area (Å²) in [6.45, 7) is 6.21. The molecule has 40 heavy (non-hydrogen) atoms. The maximum absolute atomic E-state index is 14.1. The summed E-state index contributed by atoms with van der Waals surface area (Å²) in [5.41, 5.74) is 3.94. The second kappa shape index (κ2) is 11.7. The molecule has 3 aromatic carbocycles. The van der Waals surface area contributed by atoms with Gasteiger partial charge in [-0.1, -0.05) is 91.4 Å². The van der Waals surface area contributed by atoms with Crippen molar-refractivity contribution in [3.63, 3.8) is 0 Å². The lowest BCUT2D eigenvalue weighted by Crippen LogP contribution is -2.40. The molecular weight excluding hydrogens is 544 g/mol. The number of carbonyl (C=O) groups is 1. The van der Waals surface area contributed by atoms with E-state index in [1.807, 2.05) is 54.6 Å². The van der Waals surface area contributed by atoms with Crippen LogP contribution in [0.25, 0.3) is 11.8 Å². The van der Waals surface area contributed by atoms with Crippen LogP contribution in [0.3, 0.4) is 0 Å². The SMILES string of the molecule is CCOC(=O)C1=C(c2ccccc2)N=c2s/c(=C\c3cc(Cl)ccc3OC)c(=O)n2[C@@H]1c1ccc(C(C)C)cc1. The molecule has 0 amide bonds. The summed E-state index contributed by atoms with van der Waals surface area (Å²) in [6.07, 6.45) is 1.75. The molecule has 0 radical (unpaired) electrons. The van der Waals surface area contributed by atoms with Crippen LogP contribution in [0.4, 0.5) is 0 Å². The number of thiazole rings is 1. The van der Waals surface area contributed by atoms with Crippen LogP contribution in [-0.4, -0.2) is 24.3 Å². The fraction of sp³-hybridized carbons (Fsp3) is 0.219. The minimum absolute atomic E-state index is 0.197. The Balaban J connectivity index is 1.83. The average Bonchev–Trinajstić information content (AvgIpc) is 3.27. The molecule has 1 aliphatic rings. The maximum Gasteiger partial charge on any atom is 0.338 e. The summed E-state index contributed by atoms with van der Waals surface area (Å²) in [4.78, 5) is 33.0. The van der Waals surface area contributed by atoms with Gasteiger partial charge in [0, 0.05) is 16.1 Å². The lowest BCUT2D eigenvalue weighted by molar-refractivity contribution is -0.138. The normalized spacial score (nSPS) is 15.2. The zero-order valence-electron chi connectivity index (χ0n) is 22.7. The molecule has 0 N–H and O–H groups in total. The second-order valence-corrected chi connectivity index (χ2v) is 11.1. The summed E-state index contributed by atoms with van der Waals surface area (Å²) >= 11 is 7.51. The number of methoxy groups -OCH3 is 1. The van der Waals surface area contributed by atoms with Gasteiger partial charge in [0.1, 0.15) is 5.75 Å². The molecule has 0 bridgehead atoms. The van der Waals surface area contributed by atoms with E-state index in [4.69, 9.17) is 26.1 Å². The fourth-order valence-electron chi connectivity index (χ4n) is 4.78. The molecule has 2 heterocycles. The molecule has 1 aliphatic heterocycles. The zero-order chi connectivity index (χ0) is 28.4. The van der Waals surface area contributed by atoms with Gasteiger partial charge >= 0.3 is 5.97 Å². The Hall–Kier alpha value is -3.94. The van der Waals surface area contributed by atoms with Crippen LogP contribution in [-0.2, 0) is 9.53 Å². The van der Waals surface area contributed by atoms with Gasteiger partial charge in [-0.25, -0.2) is 9.79 Å². The summed E-state index contributed by atoms with van der Waals surface area (Å²) in [5, 5.41) is 0.527. The van der Waals surface area contributed by atoms with Gasteiger partial charge in [0.15, 0.2) is 4.80 Å². The van der Waals surface area contributed by atoms with Crippen molar-refractivity contribution >= 4 is 40.7 Å². The Morgan fingerprint density at radius 2 is 1.82 bits per heavy atom. The largest absolute Gasteiger partial charge is 0.496 e. The van der Waals surface area contributed by atoms with Crippen LogP contribution < -0.4 is 19.6 Å². The van der Waals surface area contributed by atoms with E-state index in [-0.39, 0.29) is 12.2 Å². The maximum atomic E-state index is 14.1. The third kappa shape index (κ3) is 5.27. The number of ether oxygens (including phenoxy) is 2. The third-order valence-corrected chi connectivity index (χ3v) is 7.99. The van der Waals surface area contributed by atoms with Crippen LogP contribution in [0.15, 0.2) is 88.2 Å². The van der Waals surface area contributed by atoms with Crippen molar-refractivity contribution in [3.8, 4) is 5.75 Å². The Labute approximate surface area is 241 Å². The molecule has 204 valence electrons. The molecule has 5 rings (SSSR count). The third-order valence-electron chi connectivity index (χ3n) is 6.77. The molecular formula is C32H29ClN2O4S. The molecule has 6 nitrogen and oxygen atoms in total. The van der Waals surface area contributed by atoms with Crippen molar-refractivity contribution in [2.24, 2.45) is 4.99 Å². The summed E-state index contributed by atoms with van der Waals surface area (Å²) in [6, 6.07) is 22.1. The number of esters is 1. The monoisotopic (exact) mass is 572 g/mol. The number of nitrogens with zero attached hydrogens (tertiary/aromatic N) is 2. The van der Waals surface area contributed by atoms with Crippen molar-refractivity contribution < 1.29 is 14.3 Å². The number of hydrogen-bond acceptors (Lipinski definition) is 6. The predicted molar refractivity (Wildman–Crippen MR) is 160 cm³/mol. The van der Waals surface area contributed by atoms with E-state index in [1.54, 1.807) is 42.9 Å². The van der Waals surface area contributed by atoms with Crippen LogP contribution >= 0.6 is 22.9 Å².